The van der Waals surface area contributed by atoms with Gasteiger partial charge in [0.25, 0.3) is 10.2 Å². The van der Waals surface area contributed by atoms with Gasteiger partial charge >= 0.3 is 0 Å². The summed E-state index contributed by atoms with van der Waals surface area (Å²) in [5.74, 6) is 0. The Hall–Kier alpha value is -0.210. The summed E-state index contributed by atoms with van der Waals surface area (Å²) in [4.78, 5) is 2.16. The van der Waals surface area contributed by atoms with Crippen LogP contribution >= 0.6 is 0 Å². The Balaban J connectivity index is 3.99. The minimum Gasteiger partial charge on any atom is -0.317 e. The molecular weight excluding hydrogens is 276 g/mol. The molecule has 0 amide bonds. The molecule has 1 unspecified atom stereocenters. The first-order chi connectivity index (χ1) is 9.35. The van der Waals surface area contributed by atoms with Gasteiger partial charge in [-0.25, -0.2) is 4.72 Å². The Morgan fingerprint density at radius 1 is 1.10 bits per heavy atom. The van der Waals surface area contributed by atoms with Crippen molar-refractivity contribution in [3.63, 3.8) is 0 Å². The van der Waals surface area contributed by atoms with Crippen LogP contribution in [0.5, 0.6) is 0 Å². The van der Waals surface area contributed by atoms with E-state index in [0.717, 1.165) is 32.5 Å². The van der Waals surface area contributed by atoms with E-state index in [2.05, 4.69) is 28.8 Å². The summed E-state index contributed by atoms with van der Waals surface area (Å²) in [5.41, 5.74) is 0. The Morgan fingerprint density at radius 3 is 2.30 bits per heavy atom. The number of hydrogen-bond donors (Lipinski definition) is 2. The van der Waals surface area contributed by atoms with E-state index in [4.69, 9.17) is 0 Å². The molecule has 2 N–H and O–H groups in total. The van der Waals surface area contributed by atoms with Gasteiger partial charge in [0.1, 0.15) is 0 Å². The molecule has 0 aromatic heterocycles. The van der Waals surface area contributed by atoms with Gasteiger partial charge < -0.3 is 10.2 Å². The molecule has 1 atom stereocenters. The average molecular weight is 308 g/mol. The van der Waals surface area contributed by atoms with Gasteiger partial charge in [-0.15, -0.1) is 0 Å². The SMILES string of the molecule is CCNCCCN(C)S(=O)(=O)NCCN(C)C(C)CC. The molecule has 0 aromatic rings. The lowest BCUT2D eigenvalue weighted by Gasteiger charge is -2.24. The van der Waals surface area contributed by atoms with Crippen molar-refractivity contribution in [2.45, 2.75) is 39.7 Å². The van der Waals surface area contributed by atoms with Crippen LogP contribution in [0.1, 0.15) is 33.6 Å². The topological polar surface area (TPSA) is 64.7 Å². The van der Waals surface area contributed by atoms with Gasteiger partial charge in [-0.2, -0.15) is 12.7 Å². The van der Waals surface area contributed by atoms with Gasteiger partial charge in [0.15, 0.2) is 0 Å². The fraction of sp³-hybridized carbons (Fsp3) is 1.00. The molecule has 0 heterocycles. The average Bonchev–Trinajstić information content (AvgIpc) is 2.41. The maximum atomic E-state index is 12.0. The third kappa shape index (κ3) is 8.16. The second-order valence-electron chi connectivity index (χ2n) is 5.17. The second kappa shape index (κ2) is 10.5. The van der Waals surface area contributed by atoms with Crippen molar-refractivity contribution in [2.75, 3.05) is 46.8 Å². The van der Waals surface area contributed by atoms with Crippen LogP contribution in [0.4, 0.5) is 0 Å². The highest BCUT2D eigenvalue weighted by Crippen LogP contribution is 1.99. The van der Waals surface area contributed by atoms with Crippen molar-refractivity contribution < 1.29 is 8.42 Å². The maximum Gasteiger partial charge on any atom is 0.279 e. The lowest BCUT2D eigenvalue weighted by molar-refractivity contribution is 0.255. The minimum atomic E-state index is -3.35. The Morgan fingerprint density at radius 2 is 1.75 bits per heavy atom. The minimum absolute atomic E-state index is 0.445. The molecule has 0 saturated heterocycles. The number of rotatable bonds is 12. The van der Waals surface area contributed by atoms with Crippen LogP contribution < -0.4 is 10.0 Å². The van der Waals surface area contributed by atoms with Crippen LogP contribution in [0, 0.1) is 0 Å². The molecule has 0 aliphatic carbocycles. The molecule has 20 heavy (non-hydrogen) atoms. The van der Waals surface area contributed by atoms with Crippen LogP contribution in [0.15, 0.2) is 0 Å². The third-order valence-corrected chi connectivity index (χ3v) is 5.15. The van der Waals surface area contributed by atoms with Crippen LogP contribution in [-0.4, -0.2) is 70.5 Å². The van der Waals surface area contributed by atoms with E-state index < -0.39 is 10.2 Å². The van der Waals surface area contributed by atoms with Crippen LogP contribution in [0.2, 0.25) is 0 Å². The molecule has 122 valence electrons. The molecule has 7 heteroatoms. The predicted octanol–water partition coefficient (Wildman–Crippen LogP) is 0.483. The molecule has 6 nitrogen and oxygen atoms in total. The van der Waals surface area contributed by atoms with Crippen molar-refractivity contribution in [1.29, 1.82) is 0 Å². The molecule has 0 saturated carbocycles. The van der Waals surface area contributed by atoms with Crippen molar-refractivity contribution in [2.24, 2.45) is 0 Å². The summed E-state index contributed by atoms with van der Waals surface area (Å²) in [7, 11) is 0.288. The van der Waals surface area contributed by atoms with E-state index in [1.54, 1.807) is 7.05 Å². The van der Waals surface area contributed by atoms with Crippen molar-refractivity contribution in [3.05, 3.63) is 0 Å². The zero-order valence-corrected chi connectivity index (χ0v) is 14.5. The highest BCUT2D eigenvalue weighted by atomic mass is 32.2. The molecule has 0 bridgehead atoms. The zero-order valence-electron chi connectivity index (χ0n) is 13.6. The van der Waals surface area contributed by atoms with E-state index in [-0.39, 0.29) is 0 Å². The highest BCUT2D eigenvalue weighted by Gasteiger charge is 2.16. The highest BCUT2D eigenvalue weighted by molar-refractivity contribution is 7.87. The van der Waals surface area contributed by atoms with E-state index in [9.17, 15) is 8.42 Å². The standard InChI is InChI=1S/C13H32N4O2S/c1-6-13(3)16(4)12-10-15-20(18,19)17(5)11-8-9-14-7-2/h13-15H,6-12H2,1-5H3. The molecule has 0 spiro atoms. The fourth-order valence-electron chi connectivity index (χ4n) is 1.72. The van der Waals surface area contributed by atoms with Crippen LogP contribution in [0.3, 0.4) is 0 Å². The Kier molecular flexibility index (Phi) is 10.4. The van der Waals surface area contributed by atoms with Crippen molar-refractivity contribution in [1.82, 2.24) is 19.2 Å². The summed E-state index contributed by atoms with van der Waals surface area (Å²) >= 11 is 0. The Labute approximate surface area is 125 Å². The predicted molar refractivity (Wildman–Crippen MR) is 85.1 cm³/mol. The van der Waals surface area contributed by atoms with E-state index in [0.29, 0.717) is 19.1 Å². The quantitative estimate of drug-likeness (QED) is 0.515. The van der Waals surface area contributed by atoms with E-state index in [1.807, 2.05) is 14.0 Å². The van der Waals surface area contributed by atoms with E-state index in [1.165, 1.54) is 4.31 Å². The first-order valence-corrected chi connectivity index (χ1v) is 8.91. The van der Waals surface area contributed by atoms with Gasteiger partial charge in [0.05, 0.1) is 0 Å². The van der Waals surface area contributed by atoms with Crippen molar-refractivity contribution in [3.8, 4) is 0 Å². The summed E-state index contributed by atoms with van der Waals surface area (Å²) in [6.45, 7) is 9.76. The molecule has 0 rings (SSSR count). The van der Waals surface area contributed by atoms with Gasteiger partial charge in [-0.05, 0) is 39.9 Å². The Bertz CT molecular complexity index is 335. The van der Waals surface area contributed by atoms with Gasteiger partial charge in [0.2, 0.25) is 0 Å². The monoisotopic (exact) mass is 308 g/mol. The first kappa shape index (κ1) is 19.8. The maximum absolute atomic E-state index is 12.0. The summed E-state index contributed by atoms with van der Waals surface area (Å²) in [5, 5.41) is 3.18. The van der Waals surface area contributed by atoms with Crippen LogP contribution in [0.25, 0.3) is 0 Å². The van der Waals surface area contributed by atoms with Gasteiger partial charge in [-0.3, -0.25) is 0 Å². The number of nitrogens with one attached hydrogen (secondary N) is 2. The van der Waals surface area contributed by atoms with Gasteiger partial charge in [-0.1, -0.05) is 13.8 Å². The zero-order chi connectivity index (χ0) is 15.6. The van der Waals surface area contributed by atoms with E-state index >= 15 is 0 Å². The summed E-state index contributed by atoms with van der Waals surface area (Å²) in [6, 6.07) is 0.470. The lowest BCUT2D eigenvalue weighted by atomic mass is 10.2. The molecule has 0 radical (unpaired) electrons. The second-order valence-corrected chi connectivity index (χ2v) is 7.03. The molecule has 0 aromatic carbocycles. The number of nitrogens with zero attached hydrogens (tertiary/aromatic N) is 2. The molecule has 0 fully saturated rings. The normalized spacial score (nSPS) is 14.2. The van der Waals surface area contributed by atoms with Gasteiger partial charge in [0, 0.05) is 32.7 Å². The van der Waals surface area contributed by atoms with Crippen LogP contribution in [-0.2, 0) is 10.2 Å². The smallest absolute Gasteiger partial charge is 0.279 e. The molecular formula is C13H32N4O2S. The molecule has 0 aliphatic heterocycles. The summed E-state index contributed by atoms with van der Waals surface area (Å²) < 4.78 is 28.0. The first-order valence-electron chi connectivity index (χ1n) is 7.47. The summed E-state index contributed by atoms with van der Waals surface area (Å²) in [6.07, 6.45) is 1.88. The molecule has 0 aliphatic rings. The fourth-order valence-corrected chi connectivity index (χ4v) is 2.66. The lowest BCUT2D eigenvalue weighted by Crippen LogP contribution is -2.43. The third-order valence-electron chi connectivity index (χ3n) is 3.58. The van der Waals surface area contributed by atoms with Crippen molar-refractivity contribution >= 4 is 10.2 Å². The number of likely N-dealkylation sites (N-methyl/N-ethyl adjacent to an activating group) is 1. The number of hydrogen-bond acceptors (Lipinski definition) is 4. The largest absolute Gasteiger partial charge is 0.317 e.